The largest absolute Gasteiger partial charge is 0.294 e. The Bertz CT molecular complexity index is 444. The van der Waals surface area contributed by atoms with Gasteiger partial charge in [-0.2, -0.15) is 0 Å². The van der Waals surface area contributed by atoms with Crippen LogP contribution in [0.15, 0.2) is 24.8 Å². The fourth-order valence-electron chi connectivity index (χ4n) is 1.62. The molecule has 0 radical (unpaired) electrons. The van der Waals surface area contributed by atoms with Gasteiger partial charge in [0.2, 0.25) is 0 Å². The second-order valence-corrected chi connectivity index (χ2v) is 4.46. The van der Waals surface area contributed by atoms with E-state index < -0.39 is 11.6 Å². The molecule has 0 atom stereocenters. The lowest BCUT2D eigenvalue weighted by Crippen LogP contribution is -2.03. The average Bonchev–Trinajstić information content (AvgIpc) is 2.33. The van der Waals surface area contributed by atoms with Crippen molar-refractivity contribution in [1.82, 2.24) is 0 Å². The van der Waals surface area contributed by atoms with Crippen molar-refractivity contribution < 1.29 is 13.6 Å². The van der Waals surface area contributed by atoms with Gasteiger partial charge in [-0.3, -0.25) is 4.79 Å². The molecule has 0 aliphatic carbocycles. The van der Waals surface area contributed by atoms with Crippen molar-refractivity contribution in [3.63, 3.8) is 0 Å². The zero-order chi connectivity index (χ0) is 13.5. The smallest absolute Gasteiger partial charge is 0.165 e. The average molecular weight is 273 g/mol. The molecule has 0 aliphatic heterocycles. The van der Waals surface area contributed by atoms with Crippen molar-refractivity contribution in [1.29, 1.82) is 0 Å². The quantitative estimate of drug-likeness (QED) is 0.297. The van der Waals surface area contributed by atoms with Crippen LogP contribution in [0.4, 0.5) is 8.78 Å². The van der Waals surface area contributed by atoms with E-state index >= 15 is 0 Å². The predicted molar refractivity (Wildman–Crippen MR) is 69.0 cm³/mol. The van der Waals surface area contributed by atoms with Gasteiger partial charge in [-0.15, -0.1) is 6.58 Å². The van der Waals surface area contributed by atoms with Crippen molar-refractivity contribution in [3.8, 4) is 0 Å². The summed E-state index contributed by atoms with van der Waals surface area (Å²) in [7, 11) is 0. The standard InChI is InChI=1S/C14H15ClF2O/c1-2-3-4-5-6-7-14(18)10-8-13(17)11(15)9-12(10)16/h2,8-9H,1,3-7H2. The Labute approximate surface area is 110 Å². The Morgan fingerprint density at radius 2 is 1.94 bits per heavy atom. The number of allylic oxidation sites excluding steroid dienone is 1. The van der Waals surface area contributed by atoms with Gasteiger partial charge in [0.05, 0.1) is 10.6 Å². The van der Waals surface area contributed by atoms with Crippen molar-refractivity contribution in [2.45, 2.75) is 32.1 Å². The summed E-state index contributed by atoms with van der Waals surface area (Å²) in [6, 6.07) is 1.70. The molecule has 0 aromatic heterocycles. The number of Topliss-reactive ketones (excluding diaryl/α,β-unsaturated/α-hetero) is 1. The van der Waals surface area contributed by atoms with Gasteiger partial charge in [0.15, 0.2) is 5.78 Å². The molecule has 0 saturated carbocycles. The molecule has 4 heteroatoms. The molecular formula is C14H15ClF2O. The summed E-state index contributed by atoms with van der Waals surface area (Å²) >= 11 is 5.42. The molecule has 0 heterocycles. The lowest BCUT2D eigenvalue weighted by molar-refractivity contribution is 0.0975. The Kier molecular flexibility index (Phi) is 5.99. The second kappa shape index (κ2) is 7.27. The first kappa shape index (κ1) is 14.8. The molecule has 1 aromatic carbocycles. The number of hydrogen-bond donors (Lipinski definition) is 0. The Hall–Kier alpha value is -1.22. The molecule has 18 heavy (non-hydrogen) atoms. The van der Waals surface area contributed by atoms with E-state index in [-0.39, 0.29) is 22.8 Å². The maximum absolute atomic E-state index is 13.4. The fourth-order valence-corrected chi connectivity index (χ4v) is 1.77. The van der Waals surface area contributed by atoms with Crippen LogP contribution in [0, 0.1) is 11.6 Å². The van der Waals surface area contributed by atoms with Crippen LogP contribution in [-0.2, 0) is 0 Å². The number of benzene rings is 1. The number of ketones is 1. The molecule has 0 fully saturated rings. The Morgan fingerprint density at radius 3 is 2.61 bits per heavy atom. The van der Waals surface area contributed by atoms with Gasteiger partial charge in [-0.05, 0) is 31.4 Å². The third-order valence-electron chi connectivity index (χ3n) is 2.62. The number of carbonyl (C=O) groups excluding carboxylic acids is 1. The van der Waals surface area contributed by atoms with E-state index in [1.165, 1.54) is 0 Å². The minimum Gasteiger partial charge on any atom is -0.294 e. The number of halogens is 3. The highest BCUT2D eigenvalue weighted by Crippen LogP contribution is 2.21. The van der Waals surface area contributed by atoms with Crippen LogP contribution in [0.3, 0.4) is 0 Å². The maximum atomic E-state index is 13.4. The molecule has 0 amide bonds. The van der Waals surface area contributed by atoms with E-state index in [0.29, 0.717) is 6.42 Å². The molecule has 98 valence electrons. The first-order valence-corrected chi connectivity index (χ1v) is 6.22. The Balaban J connectivity index is 2.56. The van der Waals surface area contributed by atoms with Crippen LogP contribution >= 0.6 is 11.6 Å². The molecule has 0 N–H and O–H groups in total. The van der Waals surface area contributed by atoms with Crippen LogP contribution in [-0.4, -0.2) is 5.78 Å². The highest BCUT2D eigenvalue weighted by molar-refractivity contribution is 6.30. The van der Waals surface area contributed by atoms with Crippen LogP contribution in [0.1, 0.15) is 42.5 Å². The maximum Gasteiger partial charge on any atom is 0.165 e. The second-order valence-electron chi connectivity index (χ2n) is 4.06. The summed E-state index contributed by atoms with van der Waals surface area (Å²) in [6.07, 6.45) is 5.42. The van der Waals surface area contributed by atoms with Gasteiger partial charge >= 0.3 is 0 Å². The fraction of sp³-hybridized carbons (Fsp3) is 0.357. The zero-order valence-corrected chi connectivity index (χ0v) is 10.8. The third kappa shape index (κ3) is 4.22. The van der Waals surface area contributed by atoms with Gasteiger partial charge < -0.3 is 0 Å². The van der Waals surface area contributed by atoms with Gasteiger partial charge in [0.25, 0.3) is 0 Å². The van der Waals surface area contributed by atoms with Crippen molar-refractivity contribution in [3.05, 3.63) is 47.0 Å². The molecule has 0 aliphatic rings. The zero-order valence-electron chi connectivity index (χ0n) is 10.0. The summed E-state index contributed by atoms with van der Waals surface area (Å²) in [6.45, 7) is 3.60. The first-order chi connectivity index (χ1) is 8.56. The summed E-state index contributed by atoms with van der Waals surface area (Å²) in [5, 5.41) is -0.310. The van der Waals surface area contributed by atoms with E-state index in [0.717, 1.165) is 31.4 Å². The minimum absolute atomic E-state index is 0.217. The SMILES string of the molecule is C=CCCCCCC(=O)c1cc(F)c(Cl)cc1F. The van der Waals surface area contributed by atoms with E-state index in [9.17, 15) is 13.6 Å². The molecule has 0 bridgehead atoms. The van der Waals surface area contributed by atoms with Crippen molar-refractivity contribution in [2.24, 2.45) is 0 Å². The van der Waals surface area contributed by atoms with E-state index in [1.807, 2.05) is 6.08 Å². The van der Waals surface area contributed by atoms with Gasteiger partial charge in [0.1, 0.15) is 11.6 Å². The third-order valence-corrected chi connectivity index (χ3v) is 2.91. The highest BCUT2D eigenvalue weighted by atomic mass is 35.5. The molecule has 1 aromatic rings. The normalized spacial score (nSPS) is 10.4. The van der Waals surface area contributed by atoms with E-state index in [4.69, 9.17) is 11.6 Å². The lowest BCUT2D eigenvalue weighted by atomic mass is 10.0. The highest BCUT2D eigenvalue weighted by Gasteiger charge is 2.14. The number of rotatable bonds is 7. The van der Waals surface area contributed by atoms with Crippen LogP contribution in [0.2, 0.25) is 5.02 Å². The first-order valence-electron chi connectivity index (χ1n) is 5.85. The van der Waals surface area contributed by atoms with E-state index in [2.05, 4.69) is 6.58 Å². The van der Waals surface area contributed by atoms with Gasteiger partial charge in [0, 0.05) is 6.42 Å². The summed E-state index contributed by atoms with van der Waals surface area (Å²) in [5.41, 5.74) is -0.222. The summed E-state index contributed by atoms with van der Waals surface area (Å²) < 4.78 is 26.6. The minimum atomic E-state index is -0.770. The van der Waals surface area contributed by atoms with Crippen LogP contribution < -0.4 is 0 Å². The van der Waals surface area contributed by atoms with Gasteiger partial charge in [-0.25, -0.2) is 8.78 Å². The summed E-state index contributed by atoms with van der Waals surface area (Å²) in [5.74, 6) is -1.92. The molecule has 0 saturated heterocycles. The number of hydrogen-bond acceptors (Lipinski definition) is 1. The molecule has 0 spiro atoms. The van der Waals surface area contributed by atoms with Crippen LogP contribution in [0.5, 0.6) is 0 Å². The van der Waals surface area contributed by atoms with Crippen molar-refractivity contribution in [2.75, 3.05) is 0 Å². The lowest BCUT2D eigenvalue weighted by Gasteiger charge is -2.04. The molecule has 1 nitrogen and oxygen atoms in total. The summed E-state index contributed by atoms with van der Waals surface area (Å²) in [4.78, 5) is 11.7. The monoisotopic (exact) mass is 272 g/mol. The predicted octanol–water partition coefficient (Wildman–Crippen LogP) is 4.94. The number of carbonyl (C=O) groups is 1. The van der Waals surface area contributed by atoms with Crippen LogP contribution in [0.25, 0.3) is 0 Å². The Morgan fingerprint density at radius 1 is 1.22 bits per heavy atom. The molecular weight excluding hydrogens is 258 g/mol. The number of unbranched alkanes of at least 4 members (excludes halogenated alkanes) is 3. The molecule has 1 rings (SSSR count). The topological polar surface area (TPSA) is 17.1 Å². The van der Waals surface area contributed by atoms with Gasteiger partial charge in [-0.1, -0.05) is 24.1 Å². The van der Waals surface area contributed by atoms with Crippen molar-refractivity contribution >= 4 is 17.4 Å². The molecule has 0 unspecified atom stereocenters. The van der Waals surface area contributed by atoms with E-state index in [1.54, 1.807) is 0 Å².